The van der Waals surface area contributed by atoms with Crippen LogP contribution in [0.1, 0.15) is 24.8 Å². The van der Waals surface area contributed by atoms with Gasteiger partial charge in [-0.1, -0.05) is 18.2 Å². The molecule has 8 heteroatoms. The molecule has 0 radical (unpaired) electrons. The maximum Gasteiger partial charge on any atom is 0.225 e. The van der Waals surface area contributed by atoms with Gasteiger partial charge in [-0.15, -0.1) is 0 Å². The van der Waals surface area contributed by atoms with E-state index in [4.69, 9.17) is 14.7 Å². The highest BCUT2D eigenvalue weighted by molar-refractivity contribution is 5.90. The molecule has 2 saturated heterocycles. The Morgan fingerprint density at radius 2 is 1.89 bits per heavy atom. The Morgan fingerprint density at radius 3 is 2.64 bits per heavy atom. The molecule has 0 saturated carbocycles. The second-order valence-corrected chi connectivity index (χ2v) is 10.2. The van der Waals surface area contributed by atoms with Crippen molar-refractivity contribution in [3.05, 3.63) is 48.0 Å². The molecule has 36 heavy (non-hydrogen) atoms. The molecule has 0 aliphatic carbocycles. The summed E-state index contributed by atoms with van der Waals surface area (Å²) in [6.07, 6.45) is 3.34. The van der Waals surface area contributed by atoms with Crippen LogP contribution in [0.4, 0.5) is 17.5 Å². The van der Waals surface area contributed by atoms with Crippen molar-refractivity contribution < 1.29 is 4.74 Å². The van der Waals surface area contributed by atoms with E-state index in [1.54, 1.807) is 7.11 Å². The molecule has 2 aliphatic heterocycles. The lowest BCUT2D eigenvalue weighted by molar-refractivity contribution is 0.209. The van der Waals surface area contributed by atoms with Gasteiger partial charge in [0.1, 0.15) is 11.6 Å². The zero-order valence-electron chi connectivity index (χ0n) is 21.8. The summed E-state index contributed by atoms with van der Waals surface area (Å²) in [6.45, 7) is 6.03. The molecular weight excluding hydrogens is 450 g/mol. The van der Waals surface area contributed by atoms with Crippen molar-refractivity contribution in [2.45, 2.75) is 31.8 Å². The topological polar surface area (TPSA) is 77.6 Å². The molecule has 5 rings (SSSR count). The predicted octanol–water partition coefficient (Wildman–Crippen LogP) is 3.80. The maximum atomic E-state index is 5.69. The normalized spacial score (nSPS) is 18.9. The molecule has 0 amide bonds. The molecule has 1 aromatic heterocycles. The van der Waals surface area contributed by atoms with Crippen LogP contribution in [0.3, 0.4) is 0 Å². The highest BCUT2D eigenvalue weighted by Gasteiger charge is 2.23. The van der Waals surface area contributed by atoms with Crippen molar-refractivity contribution in [2.24, 2.45) is 5.92 Å². The van der Waals surface area contributed by atoms with Crippen LogP contribution in [-0.2, 0) is 6.54 Å². The Kier molecular flexibility index (Phi) is 7.72. The van der Waals surface area contributed by atoms with E-state index in [1.807, 2.05) is 6.07 Å². The molecule has 192 valence electrons. The Bertz CT molecular complexity index is 1150. The van der Waals surface area contributed by atoms with Crippen LogP contribution in [0.5, 0.6) is 5.75 Å². The van der Waals surface area contributed by atoms with Crippen molar-refractivity contribution in [3.63, 3.8) is 0 Å². The molecule has 0 spiro atoms. The molecule has 2 aromatic carbocycles. The third-order valence-corrected chi connectivity index (χ3v) is 7.43. The van der Waals surface area contributed by atoms with Gasteiger partial charge in [0.25, 0.3) is 0 Å². The van der Waals surface area contributed by atoms with Crippen LogP contribution >= 0.6 is 0 Å². The van der Waals surface area contributed by atoms with Crippen molar-refractivity contribution in [2.75, 3.05) is 69.5 Å². The number of hydrogen-bond acceptors (Lipinski definition) is 8. The van der Waals surface area contributed by atoms with Gasteiger partial charge >= 0.3 is 0 Å². The quantitative estimate of drug-likeness (QED) is 0.419. The lowest BCUT2D eigenvalue weighted by atomic mass is 10.0. The number of piperidine rings is 1. The first-order chi connectivity index (χ1) is 17.6. The lowest BCUT2D eigenvalue weighted by Gasteiger charge is -2.34. The molecule has 8 nitrogen and oxygen atoms in total. The highest BCUT2D eigenvalue weighted by Crippen LogP contribution is 2.31. The molecule has 3 aromatic rings. The van der Waals surface area contributed by atoms with Crippen LogP contribution in [0, 0.1) is 5.92 Å². The molecule has 2 aliphatic rings. The van der Waals surface area contributed by atoms with Crippen LogP contribution in [0.25, 0.3) is 10.9 Å². The largest absolute Gasteiger partial charge is 0.496 e. The average Bonchev–Trinajstić information content (AvgIpc) is 3.42. The van der Waals surface area contributed by atoms with E-state index >= 15 is 0 Å². The van der Waals surface area contributed by atoms with Crippen LogP contribution < -0.4 is 25.6 Å². The summed E-state index contributed by atoms with van der Waals surface area (Å²) in [5.74, 6) is 3.25. The van der Waals surface area contributed by atoms with E-state index in [9.17, 15) is 0 Å². The zero-order chi connectivity index (χ0) is 24.9. The number of hydrogen-bond donors (Lipinski definition) is 3. The van der Waals surface area contributed by atoms with Crippen LogP contribution in [0.2, 0.25) is 0 Å². The highest BCUT2D eigenvalue weighted by atomic mass is 16.5. The molecule has 1 unspecified atom stereocenters. The summed E-state index contributed by atoms with van der Waals surface area (Å²) in [5, 5.41) is 11.8. The molecule has 3 heterocycles. The number of para-hydroxylation sites is 1. The van der Waals surface area contributed by atoms with E-state index < -0.39 is 0 Å². The maximum absolute atomic E-state index is 5.69. The monoisotopic (exact) mass is 489 g/mol. The second-order valence-electron chi connectivity index (χ2n) is 10.2. The Balaban J connectivity index is 1.25. The van der Waals surface area contributed by atoms with Crippen molar-refractivity contribution >= 4 is 28.4 Å². The Hall–Kier alpha value is -3.10. The third-order valence-electron chi connectivity index (χ3n) is 7.43. The minimum Gasteiger partial charge on any atom is -0.496 e. The fraction of sp³-hybridized carbons (Fsp3) is 0.500. The van der Waals surface area contributed by atoms with Gasteiger partial charge in [-0.25, -0.2) is 4.98 Å². The number of rotatable bonds is 9. The predicted molar refractivity (Wildman–Crippen MR) is 148 cm³/mol. The number of likely N-dealkylation sites (tertiary alicyclic amines) is 1. The number of nitrogens with zero attached hydrogens (tertiary/aromatic N) is 4. The van der Waals surface area contributed by atoms with E-state index in [1.165, 1.54) is 17.7 Å². The number of anilines is 3. The second kappa shape index (κ2) is 11.3. The molecular formula is C28H39N7O. The van der Waals surface area contributed by atoms with Crippen LogP contribution in [-0.4, -0.2) is 74.8 Å². The molecule has 1 atom stereocenters. The zero-order valence-corrected chi connectivity index (χ0v) is 21.8. The molecule has 0 bridgehead atoms. The van der Waals surface area contributed by atoms with Crippen LogP contribution in [0.15, 0.2) is 42.5 Å². The minimum atomic E-state index is 0.387. The smallest absolute Gasteiger partial charge is 0.225 e. The standard InChI is InChI=1S/C28H39N7O/c1-34(2)25-9-6-10-26(36-3)23(25)19-35-15-12-21(13-16-35)31-27-22-7-4-5-8-24(22)32-28(33-27)30-18-20-11-14-29-17-20/h4-10,20-21,29H,11-19H2,1-3H3,(H2,30,31,32,33). The number of ether oxygens (including phenoxy) is 1. The van der Waals surface area contributed by atoms with Gasteiger partial charge in [0, 0.05) is 63.0 Å². The summed E-state index contributed by atoms with van der Waals surface area (Å²) in [4.78, 5) is 14.4. The molecule has 3 N–H and O–H groups in total. The van der Waals surface area contributed by atoms with Gasteiger partial charge in [0.15, 0.2) is 0 Å². The number of nitrogens with one attached hydrogen (secondary N) is 3. The van der Waals surface area contributed by atoms with E-state index in [2.05, 4.69) is 76.2 Å². The number of benzene rings is 2. The van der Waals surface area contributed by atoms with E-state index in [0.29, 0.717) is 17.9 Å². The van der Waals surface area contributed by atoms with Gasteiger partial charge in [-0.2, -0.15) is 4.98 Å². The molecule has 2 fully saturated rings. The van der Waals surface area contributed by atoms with Crippen molar-refractivity contribution in [1.82, 2.24) is 20.2 Å². The van der Waals surface area contributed by atoms with E-state index in [0.717, 1.165) is 74.6 Å². The average molecular weight is 490 g/mol. The lowest BCUT2D eigenvalue weighted by Crippen LogP contribution is -2.39. The fourth-order valence-electron chi connectivity index (χ4n) is 5.37. The third kappa shape index (κ3) is 5.65. The van der Waals surface area contributed by atoms with Gasteiger partial charge in [-0.3, -0.25) is 4.90 Å². The number of aromatic nitrogens is 2. The van der Waals surface area contributed by atoms with Gasteiger partial charge < -0.3 is 25.6 Å². The number of methoxy groups -OCH3 is 1. The Morgan fingerprint density at radius 1 is 1.06 bits per heavy atom. The summed E-state index contributed by atoms with van der Waals surface area (Å²) < 4.78 is 5.69. The van der Waals surface area contributed by atoms with E-state index in [-0.39, 0.29) is 0 Å². The van der Waals surface area contributed by atoms with Crippen molar-refractivity contribution in [1.29, 1.82) is 0 Å². The first kappa shape index (κ1) is 24.6. The summed E-state index contributed by atoms with van der Waals surface area (Å²) >= 11 is 0. The fourth-order valence-corrected chi connectivity index (χ4v) is 5.37. The summed E-state index contributed by atoms with van der Waals surface area (Å²) in [5.41, 5.74) is 3.45. The first-order valence-corrected chi connectivity index (χ1v) is 13.1. The van der Waals surface area contributed by atoms with Gasteiger partial charge in [0.05, 0.1) is 12.6 Å². The van der Waals surface area contributed by atoms with Gasteiger partial charge in [0.2, 0.25) is 5.95 Å². The summed E-state index contributed by atoms with van der Waals surface area (Å²) in [6, 6.07) is 15.0. The SMILES string of the molecule is COc1cccc(N(C)C)c1CN1CCC(Nc2nc(NCC3CCNC3)nc3ccccc23)CC1. The Labute approximate surface area is 214 Å². The van der Waals surface area contributed by atoms with Gasteiger partial charge in [-0.05, 0) is 62.5 Å². The first-order valence-electron chi connectivity index (χ1n) is 13.1. The summed E-state index contributed by atoms with van der Waals surface area (Å²) in [7, 11) is 5.94. The van der Waals surface area contributed by atoms with Crippen molar-refractivity contribution in [3.8, 4) is 5.75 Å². The minimum absolute atomic E-state index is 0.387. The number of fused-ring (bicyclic) bond motifs is 1.